The summed E-state index contributed by atoms with van der Waals surface area (Å²) in [6.45, 7) is 20.9. The van der Waals surface area contributed by atoms with Gasteiger partial charge in [-0.05, 0) is 58.7 Å². The molecule has 0 heterocycles. The molecule has 0 saturated heterocycles. The van der Waals surface area contributed by atoms with E-state index in [0.29, 0.717) is 19.8 Å². The van der Waals surface area contributed by atoms with Gasteiger partial charge in [-0.1, -0.05) is 167 Å². The molecule has 0 unspecified atom stereocenters. The first-order valence-electron chi connectivity index (χ1n) is 18.2. The third kappa shape index (κ3) is 29.7. The van der Waals surface area contributed by atoms with Gasteiger partial charge >= 0.3 is 5.97 Å². The van der Waals surface area contributed by atoms with Crippen molar-refractivity contribution >= 4 is 36.2 Å². The maximum atomic E-state index is 10.2. The molecule has 8 nitrogen and oxygen atoms in total. The van der Waals surface area contributed by atoms with Crippen molar-refractivity contribution in [3.63, 3.8) is 0 Å². The highest BCUT2D eigenvalue weighted by atomic mass is 16.5. The molecule has 0 fully saturated rings. The van der Waals surface area contributed by atoms with E-state index in [-0.39, 0.29) is 13.2 Å². The highest BCUT2D eigenvalue weighted by Crippen LogP contribution is 2.10. The van der Waals surface area contributed by atoms with Crippen LogP contribution in [0.5, 0.6) is 0 Å². The molecular formula is C47H60O8. The highest BCUT2D eigenvalue weighted by molar-refractivity contribution is 5.68. The van der Waals surface area contributed by atoms with Crippen molar-refractivity contribution in [2.24, 2.45) is 0 Å². The van der Waals surface area contributed by atoms with E-state index in [1.165, 1.54) is 29.5 Å². The molecule has 4 aromatic carbocycles. The Kier molecular flexibility index (Phi) is 31.0. The molecule has 3 N–H and O–H groups in total. The van der Waals surface area contributed by atoms with Gasteiger partial charge in [-0.25, -0.2) is 4.79 Å². The monoisotopic (exact) mass is 752 g/mol. The minimum Gasteiger partial charge on any atom is -0.481 e. The molecule has 0 aliphatic carbocycles. The Morgan fingerprint density at radius 1 is 0.527 bits per heavy atom. The minimum absolute atomic E-state index is 0.250. The van der Waals surface area contributed by atoms with Crippen LogP contribution in [0.15, 0.2) is 129 Å². The van der Waals surface area contributed by atoms with Crippen molar-refractivity contribution in [1.82, 2.24) is 0 Å². The summed E-state index contributed by atoms with van der Waals surface area (Å²) in [4.78, 5) is 19.2. The van der Waals surface area contributed by atoms with Gasteiger partial charge in [-0.3, -0.25) is 4.79 Å². The molecule has 0 aliphatic heterocycles. The molecule has 0 spiro atoms. The summed E-state index contributed by atoms with van der Waals surface area (Å²) in [5, 5.41) is 23.3. The van der Waals surface area contributed by atoms with Crippen LogP contribution in [0.1, 0.15) is 78.5 Å². The first kappa shape index (κ1) is 49.6. The SMILES string of the molecule is C=Cc1ccc(COCC(=O)O)cc1.C=Cc1ccc(COCCCCCCOCc2ccc(C=C)cc2)cc1.C=Cc1ccccc1.CC(=O)O.CCO. The summed E-state index contributed by atoms with van der Waals surface area (Å²) in [5.41, 5.74) is 7.88. The van der Waals surface area contributed by atoms with Crippen LogP contribution in [-0.4, -0.2) is 53.7 Å². The Bertz CT molecular complexity index is 1520. The normalized spacial score (nSPS) is 9.51. The second kappa shape index (κ2) is 34.4. The Balaban J connectivity index is 0.000000832. The molecule has 0 bridgehead atoms. The third-order valence-electron chi connectivity index (χ3n) is 7.04. The maximum Gasteiger partial charge on any atom is 0.329 e. The zero-order valence-corrected chi connectivity index (χ0v) is 32.6. The molecule has 0 radical (unpaired) electrons. The van der Waals surface area contributed by atoms with Crippen molar-refractivity contribution in [2.45, 2.75) is 59.4 Å². The van der Waals surface area contributed by atoms with Crippen molar-refractivity contribution in [2.75, 3.05) is 26.4 Å². The van der Waals surface area contributed by atoms with Gasteiger partial charge in [0.1, 0.15) is 6.61 Å². The fourth-order valence-corrected chi connectivity index (χ4v) is 4.24. The molecular weight excluding hydrogens is 693 g/mol. The average molecular weight is 753 g/mol. The van der Waals surface area contributed by atoms with Crippen molar-refractivity contribution < 1.29 is 39.1 Å². The molecule has 0 saturated carbocycles. The molecule has 4 rings (SSSR count). The van der Waals surface area contributed by atoms with Crippen molar-refractivity contribution in [3.05, 3.63) is 168 Å². The summed E-state index contributed by atoms with van der Waals surface area (Å²) < 4.78 is 16.4. The number of ether oxygens (including phenoxy) is 3. The highest BCUT2D eigenvalue weighted by Gasteiger charge is 1.98. The lowest BCUT2D eigenvalue weighted by Gasteiger charge is -2.06. The van der Waals surface area contributed by atoms with E-state index in [9.17, 15) is 4.79 Å². The predicted octanol–water partition coefficient (Wildman–Crippen LogP) is 10.6. The zero-order chi connectivity index (χ0) is 40.9. The first-order chi connectivity index (χ1) is 26.6. The Hall–Kier alpha value is -5.38. The van der Waals surface area contributed by atoms with Crippen LogP contribution < -0.4 is 0 Å². The molecule has 0 aliphatic rings. The van der Waals surface area contributed by atoms with Crippen LogP contribution in [0.3, 0.4) is 0 Å². The van der Waals surface area contributed by atoms with Crippen LogP contribution in [0.25, 0.3) is 24.3 Å². The summed E-state index contributed by atoms with van der Waals surface area (Å²) in [6.07, 6.45) is 11.9. The van der Waals surface area contributed by atoms with Crippen LogP contribution in [0, 0.1) is 0 Å². The third-order valence-corrected chi connectivity index (χ3v) is 7.04. The predicted molar refractivity (Wildman–Crippen MR) is 227 cm³/mol. The topological polar surface area (TPSA) is 123 Å². The zero-order valence-electron chi connectivity index (χ0n) is 32.6. The fraction of sp³-hybridized carbons (Fsp3) is 0.277. The maximum absolute atomic E-state index is 10.2. The lowest BCUT2D eigenvalue weighted by atomic mass is 10.1. The summed E-state index contributed by atoms with van der Waals surface area (Å²) >= 11 is 0. The van der Waals surface area contributed by atoms with E-state index >= 15 is 0 Å². The minimum atomic E-state index is -0.951. The Morgan fingerprint density at radius 2 is 0.818 bits per heavy atom. The van der Waals surface area contributed by atoms with E-state index in [4.69, 9.17) is 34.3 Å². The number of hydrogen-bond donors (Lipinski definition) is 3. The first-order valence-corrected chi connectivity index (χ1v) is 18.2. The van der Waals surface area contributed by atoms with Gasteiger partial charge in [-0.15, -0.1) is 0 Å². The van der Waals surface area contributed by atoms with Gasteiger partial charge in [0, 0.05) is 26.7 Å². The van der Waals surface area contributed by atoms with Gasteiger partial charge in [0.15, 0.2) is 0 Å². The van der Waals surface area contributed by atoms with E-state index in [1.54, 1.807) is 13.0 Å². The molecule has 296 valence electrons. The number of benzene rings is 4. The van der Waals surface area contributed by atoms with Gasteiger partial charge < -0.3 is 29.5 Å². The molecule has 0 atom stereocenters. The Morgan fingerprint density at radius 3 is 1.09 bits per heavy atom. The van der Waals surface area contributed by atoms with Crippen LogP contribution in [0.2, 0.25) is 0 Å². The Labute approximate surface area is 328 Å². The molecule has 0 amide bonds. The number of carboxylic acids is 2. The smallest absolute Gasteiger partial charge is 0.329 e. The molecule has 0 aromatic heterocycles. The number of unbranched alkanes of at least 4 members (excludes halogenated alkanes) is 3. The second-order valence-electron chi connectivity index (χ2n) is 11.7. The number of carbonyl (C=O) groups is 2. The summed E-state index contributed by atoms with van der Waals surface area (Å²) in [7, 11) is 0. The lowest BCUT2D eigenvalue weighted by Crippen LogP contribution is -2.06. The van der Waals surface area contributed by atoms with Crippen molar-refractivity contribution in [1.29, 1.82) is 0 Å². The lowest BCUT2D eigenvalue weighted by molar-refractivity contribution is -0.142. The van der Waals surface area contributed by atoms with Crippen LogP contribution >= 0.6 is 0 Å². The fourth-order valence-electron chi connectivity index (χ4n) is 4.24. The number of hydrogen-bond acceptors (Lipinski definition) is 6. The van der Waals surface area contributed by atoms with Gasteiger partial charge in [0.25, 0.3) is 5.97 Å². The van der Waals surface area contributed by atoms with Gasteiger partial charge in [0.05, 0.1) is 19.8 Å². The van der Waals surface area contributed by atoms with Gasteiger partial charge in [-0.2, -0.15) is 0 Å². The van der Waals surface area contributed by atoms with E-state index in [2.05, 4.69) is 74.8 Å². The van der Waals surface area contributed by atoms with E-state index in [1.807, 2.05) is 72.8 Å². The molecule has 8 heteroatoms. The number of carboxylic acid groups (broad SMARTS) is 2. The number of aliphatic hydroxyl groups is 1. The standard InChI is InChI=1S/C24H30O2.C11H12O3.C8H8.C2H4O2.C2H6O/c1-3-21-9-13-23(14-10-21)19-25-17-7-5-6-8-18-26-20-24-15-11-22(4-2)12-16-24;1-2-9-3-5-10(6-4-9)7-14-8-11(12)13;1-2-8-6-4-3-5-7-8;1-2(3)4;1-2-3/h3-4,9-16H,1-2,5-8,17-20H2;2-6H,1,7-8H2,(H,12,13);2-7H,1H2;1H3,(H,3,4);3H,2H2,1H3. The quantitative estimate of drug-likeness (QED) is 0.0809. The summed E-state index contributed by atoms with van der Waals surface area (Å²) in [5.74, 6) is -1.78. The number of aliphatic carboxylic acids is 2. The van der Waals surface area contributed by atoms with E-state index in [0.717, 1.165) is 55.2 Å². The van der Waals surface area contributed by atoms with Crippen LogP contribution in [0.4, 0.5) is 0 Å². The number of aliphatic hydroxyl groups excluding tert-OH is 1. The summed E-state index contributed by atoms with van der Waals surface area (Å²) in [6, 6.07) is 34.3. The van der Waals surface area contributed by atoms with E-state index < -0.39 is 11.9 Å². The molecule has 4 aromatic rings. The largest absolute Gasteiger partial charge is 0.481 e. The average Bonchev–Trinajstić information content (AvgIpc) is 3.20. The second-order valence-corrected chi connectivity index (χ2v) is 11.7. The van der Waals surface area contributed by atoms with Crippen LogP contribution in [-0.2, 0) is 43.6 Å². The molecule has 55 heavy (non-hydrogen) atoms. The number of rotatable bonds is 19. The van der Waals surface area contributed by atoms with Crippen molar-refractivity contribution in [3.8, 4) is 0 Å². The van der Waals surface area contributed by atoms with Gasteiger partial charge in [0.2, 0.25) is 0 Å².